The predicted molar refractivity (Wildman–Crippen MR) is 76.8 cm³/mol. The predicted octanol–water partition coefficient (Wildman–Crippen LogP) is 3.82. The number of Topliss-reactive ketones (excluding diaryl/α,β-unsaturated/α-hetero) is 1. The van der Waals surface area contributed by atoms with Crippen LogP contribution >= 0.6 is 11.8 Å². The average molecular weight is 290 g/mol. The molecule has 0 amide bonds. The van der Waals surface area contributed by atoms with Gasteiger partial charge in [-0.2, -0.15) is 0 Å². The zero-order valence-corrected chi connectivity index (χ0v) is 12.0. The van der Waals surface area contributed by atoms with E-state index in [0.29, 0.717) is 10.7 Å². The molecule has 0 saturated heterocycles. The Bertz CT molecular complexity index is 608. The summed E-state index contributed by atoms with van der Waals surface area (Å²) in [6, 6.07) is 6.52. The van der Waals surface area contributed by atoms with Gasteiger partial charge >= 0.3 is 0 Å². The Hall–Kier alpha value is -2.01. The molecule has 0 fully saturated rings. The van der Waals surface area contributed by atoms with E-state index in [1.807, 2.05) is 6.26 Å². The van der Waals surface area contributed by atoms with Crippen LogP contribution in [0.4, 0.5) is 0 Å². The van der Waals surface area contributed by atoms with E-state index in [-0.39, 0.29) is 17.3 Å². The van der Waals surface area contributed by atoms with Gasteiger partial charge < -0.3 is 8.83 Å². The van der Waals surface area contributed by atoms with Crippen LogP contribution in [0.25, 0.3) is 0 Å². The Kier molecular flexibility index (Phi) is 4.63. The van der Waals surface area contributed by atoms with Crippen LogP contribution in [-0.2, 0) is 0 Å². The quantitative estimate of drug-likeness (QED) is 0.598. The van der Waals surface area contributed by atoms with Gasteiger partial charge in [-0.1, -0.05) is 6.92 Å². The molecule has 2 heterocycles. The van der Waals surface area contributed by atoms with E-state index >= 15 is 0 Å². The molecule has 104 valence electrons. The molecular weight excluding hydrogens is 276 g/mol. The molecule has 0 radical (unpaired) electrons. The Labute approximate surface area is 120 Å². The maximum absolute atomic E-state index is 12.2. The third kappa shape index (κ3) is 3.11. The highest BCUT2D eigenvalue weighted by molar-refractivity contribution is 8.02. The van der Waals surface area contributed by atoms with Crippen molar-refractivity contribution in [1.29, 1.82) is 0 Å². The van der Waals surface area contributed by atoms with Crippen molar-refractivity contribution in [2.45, 2.75) is 6.92 Å². The van der Waals surface area contributed by atoms with Crippen LogP contribution in [0.2, 0.25) is 0 Å². The smallest absolute Gasteiger partial charge is 0.221 e. The topological polar surface area (TPSA) is 60.4 Å². The lowest BCUT2D eigenvalue weighted by molar-refractivity contribution is 0.0924. The number of allylic oxidation sites excluding steroid dienone is 2. The molecule has 20 heavy (non-hydrogen) atoms. The van der Waals surface area contributed by atoms with Crippen molar-refractivity contribution in [1.82, 2.24) is 0 Å². The summed E-state index contributed by atoms with van der Waals surface area (Å²) in [4.78, 5) is 24.8. The van der Waals surface area contributed by atoms with Gasteiger partial charge in [-0.15, -0.1) is 11.8 Å². The second-order valence-corrected chi connectivity index (χ2v) is 5.04. The highest BCUT2D eigenvalue weighted by Gasteiger charge is 2.22. The van der Waals surface area contributed by atoms with Crippen LogP contribution < -0.4 is 0 Å². The number of thioether (sulfide) groups is 1. The third-order valence-corrected chi connectivity index (χ3v) is 3.80. The van der Waals surface area contributed by atoms with Gasteiger partial charge in [0.15, 0.2) is 11.5 Å². The summed E-state index contributed by atoms with van der Waals surface area (Å²) >= 11 is 1.37. The molecule has 0 N–H and O–H groups in total. The zero-order chi connectivity index (χ0) is 14.5. The average Bonchev–Trinajstić information content (AvgIpc) is 3.15. The van der Waals surface area contributed by atoms with Gasteiger partial charge in [0, 0.05) is 0 Å². The van der Waals surface area contributed by atoms with Gasteiger partial charge in [-0.05, 0) is 41.5 Å². The van der Waals surface area contributed by atoms with E-state index in [9.17, 15) is 9.59 Å². The highest BCUT2D eigenvalue weighted by atomic mass is 32.2. The van der Waals surface area contributed by atoms with Crippen LogP contribution in [0, 0.1) is 5.92 Å². The fraction of sp³-hybridized carbons (Fsp3) is 0.200. The SMILES string of the molecule is CSC(=CC(=O)c1ccco1)C(C)C(=O)c1ccco1. The fourth-order valence-corrected chi connectivity index (χ4v) is 2.43. The second-order valence-electron chi connectivity index (χ2n) is 4.16. The van der Waals surface area contributed by atoms with E-state index in [0.717, 1.165) is 0 Å². The fourth-order valence-electron chi connectivity index (χ4n) is 1.74. The Morgan fingerprint density at radius 2 is 1.75 bits per heavy atom. The van der Waals surface area contributed by atoms with Gasteiger partial charge in [0.2, 0.25) is 11.6 Å². The van der Waals surface area contributed by atoms with Gasteiger partial charge in [-0.3, -0.25) is 9.59 Å². The summed E-state index contributed by atoms with van der Waals surface area (Å²) in [6.07, 6.45) is 6.16. The van der Waals surface area contributed by atoms with Gasteiger partial charge in [0.1, 0.15) is 0 Å². The van der Waals surface area contributed by atoms with Crippen LogP contribution in [0.15, 0.2) is 56.6 Å². The van der Waals surface area contributed by atoms with E-state index in [1.165, 1.54) is 30.4 Å². The van der Waals surface area contributed by atoms with E-state index < -0.39 is 5.92 Å². The van der Waals surface area contributed by atoms with Crippen LogP contribution in [0.5, 0.6) is 0 Å². The van der Waals surface area contributed by atoms with Gasteiger partial charge in [0.05, 0.1) is 18.4 Å². The van der Waals surface area contributed by atoms with Gasteiger partial charge in [-0.25, -0.2) is 0 Å². The molecule has 2 rings (SSSR count). The molecule has 5 heteroatoms. The molecule has 2 aromatic heterocycles. The largest absolute Gasteiger partial charge is 0.461 e. The Morgan fingerprint density at radius 3 is 2.25 bits per heavy atom. The van der Waals surface area contributed by atoms with Crippen LogP contribution in [0.3, 0.4) is 0 Å². The number of furan rings is 2. The number of ketones is 2. The summed E-state index contributed by atoms with van der Waals surface area (Å²) in [5, 5.41) is 0. The Balaban J connectivity index is 2.19. The van der Waals surface area contributed by atoms with E-state index in [2.05, 4.69) is 0 Å². The second kappa shape index (κ2) is 6.43. The minimum Gasteiger partial charge on any atom is -0.461 e. The summed E-state index contributed by atoms with van der Waals surface area (Å²) in [6.45, 7) is 1.75. The van der Waals surface area contributed by atoms with Crippen molar-refractivity contribution >= 4 is 23.3 Å². The Morgan fingerprint density at radius 1 is 1.15 bits per heavy atom. The minimum atomic E-state index is -0.435. The lowest BCUT2D eigenvalue weighted by Gasteiger charge is -2.11. The van der Waals surface area contributed by atoms with Gasteiger partial charge in [0.25, 0.3) is 0 Å². The maximum atomic E-state index is 12.2. The lowest BCUT2D eigenvalue weighted by atomic mass is 10.0. The summed E-state index contributed by atoms with van der Waals surface area (Å²) in [5.74, 6) is -0.284. The first-order valence-corrected chi connectivity index (χ1v) is 7.27. The summed E-state index contributed by atoms with van der Waals surface area (Å²) < 4.78 is 10.1. The molecule has 0 aromatic carbocycles. The van der Waals surface area contributed by atoms with E-state index in [4.69, 9.17) is 8.83 Å². The first-order valence-electron chi connectivity index (χ1n) is 6.04. The minimum absolute atomic E-state index is 0.150. The molecular formula is C15H14O4S. The molecule has 0 spiro atoms. The molecule has 1 unspecified atom stereocenters. The van der Waals surface area contributed by atoms with Crippen molar-refractivity contribution in [2.75, 3.05) is 6.26 Å². The van der Waals surface area contributed by atoms with Crippen molar-refractivity contribution in [2.24, 2.45) is 5.92 Å². The first-order chi connectivity index (χ1) is 9.63. The standard InChI is InChI=1S/C15H14O4S/c1-10(15(17)13-6-4-8-19-13)14(20-2)9-11(16)12-5-3-7-18-12/h3-10H,1-2H3. The lowest BCUT2D eigenvalue weighted by Crippen LogP contribution is -2.12. The van der Waals surface area contributed by atoms with Crippen molar-refractivity contribution in [3.63, 3.8) is 0 Å². The van der Waals surface area contributed by atoms with Crippen molar-refractivity contribution in [3.05, 3.63) is 59.3 Å². The number of hydrogen-bond donors (Lipinski definition) is 0. The number of rotatable bonds is 6. The third-order valence-electron chi connectivity index (χ3n) is 2.86. The number of carbonyl (C=O) groups is 2. The van der Waals surface area contributed by atoms with Crippen LogP contribution in [-0.4, -0.2) is 17.8 Å². The molecule has 1 atom stereocenters. The molecule has 0 saturated carbocycles. The molecule has 0 bridgehead atoms. The normalized spacial score (nSPS) is 13.2. The monoisotopic (exact) mass is 290 g/mol. The molecule has 4 nitrogen and oxygen atoms in total. The molecule has 0 aliphatic rings. The maximum Gasteiger partial charge on any atom is 0.221 e. The molecule has 2 aromatic rings. The summed E-state index contributed by atoms with van der Waals surface area (Å²) in [7, 11) is 0. The highest BCUT2D eigenvalue weighted by Crippen LogP contribution is 2.26. The van der Waals surface area contributed by atoms with Crippen LogP contribution in [0.1, 0.15) is 28.0 Å². The zero-order valence-electron chi connectivity index (χ0n) is 11.2. The van der Waals surface area contributed by atoms with E-state index in [1.54, 1.807) is 31.2 Å². The number of carbonyl (C=O) groups excluding carboxylic acids is 2. The first kappa shape index (κ1) is 14.4. The number of hydrogen-bond acceptors (Lipinski definition) is 5. The molecule has 0 aliphatic carbocycles. The summed E-state index contributed by atoms with van der Waals surface area (Å²) in [5.41, 5.74) is 0. The van der Waals surface area contributed by atoms with Crippen molar-refractivity contribution < 1.29 is 18.4 Å². The molecule has 0 aliphatic heterocycles. The van der Waals surface area contributed by atoms with Crippen molar-refractivity contribution in [3.8, 4) is 0 Å².